The zero-order chi connectivity index (χ0) is 24.3. The van der Waals surface area contributed by atoms with Crippen LogP contribution in [-0.2, 0) is 19.9 Å². The number of hydrogen-bond acceptors (Lipinski definition) is 7. The molecule has 0 saturated carbocycles. The first-order valence-electron chi connectivity index (χ1n) is 11.0. The van der Waals surface area contributed by atoms with Gasteiger partial charge in [-0.15, -0.1) is 0 Å². The van der Waals surface area contributed by atoms with E-state index in [0.717, 1.165) is 5.56 Å². The van der Waals surface area contributed by atoms with Crippen molar-refractivity contribution in [2.24, 2.45) is 5.73 Å². The van der Waals surface area contributed by atoms with Crippen LogP contribution in [0.4, 0.5) is 0 Å². The molecule has 1 aromatic heterocycles. The second-order valence-electron chi connectivity index (χ2n) is 8.30. The summed E-state index contributed by atoms with van der Waals surface area (Å²) >= 11 is 1.43. The molecule has 34 heavy (non-hydrogen) atoms. The second-order valence-corrected chi connectivity index (χ2v) is 9.08. The van der Waals surface area contributed by atoms with E-state index in [9.17, 15) is 19.5 Å². The van der Waals surface area contributed by atoms with Crippen LogP contribution in [0.1, 0.15) is 24.0 Å². The number of hydrogen-bond donors (Lipinski definition) is 4. The number of nitrogens with zero attached hydrogens (tertiary/aromatic N) is 2. The third-order valence-corrected chi connectivity index (χ3v) is 7.08. The number of carbonyl (C=O) groups is 3. The number of nitrogens with two attached hydrogens (primary N) is 1. The standard InChI is InChI=1S/C23H27N5O5S/c24-19(25)15-2-4-17(5-3-15)33-12-1-9-27-10-11-28(21(30)20(27)29)23(16-6-13-34-14-16)7-8-26-18(23)22(31)32/h2-6,13-14,18,26H,1,7-12H2,(H3,24,25)(H,31,32). The Hall–Kier alpha value is -3.44. The number of nitrogens with one attached hydrogen (secondary N) is 2. The third-order valence-electron chi connectivity index (χ3n) is 6.40. The zero-order valence-electron chi connectivity index (χ0n) is 18.5. The lowest BCUT2D eigenvalue weighted by atomic mass is 9.81. The molecule has 180 valence electrons. The summed E-state index contributed by atoms with van der Waals surface area (Å²) < 4.78 is 5.68. The number of thiophene rings is 1. The van der Waals surface area contributed by atoms with Crippen LogP contribution in [0.3, 0.4) is 0 Å². The molecule has 0 aliphatic carbocycles. The maximum absolute atomic E-state index is 13.2. The number of amidine groups is 1. The lowest BCUT2D eigenvalue weighted by molar-refractivity contribution is -0.164. The summed E-state index contributed by atoms with van der Waals surface area (Å²) in [4.78, 5) is 41.1. The van der Waals surface area contributed by atoms with Crippen molar-refractivity contribution >= 4 is 35.0 Å². The molecular weight excluding hydrogens is 458 g/mol. The molecule has 11 heteroatoms. The summed E-state index contributed by atoms with van der Waals surface area (Å²) in [6.07, 6.45) is 0.957. The molecule has 2 saturated heterocycles. The predicted molar refractivity (Wildman–Crippen MR) is 126 cm³/mol. The molecule has 2 aromatic rings. The van der Waals surface area contributed by atoms with Crippen LogP contribution in [0.2, 0.25) is 0 Å². The van der Waals surface area contributed by atoms with Gasteiger partial charge in [0.05, 0.1) is 12.1 Å². The number of carboxylic acid groups (broad SMARTS) is 1. The van der Waals surface area contributed by atoms with E-state index in [2.05, 4.69) is 5.32 Å². The molecule has 2 fully saturated rings. The normalized spacial score (nSPS) is 22.8. The number of nitrogen functional groups attached to an aromatic ring is 1. The van der Waals surface area contributed by atoms with Gasteiger partial charge in [-0.1, -0.05) is 0 Å². The van der Waals surface area contributed by atoms with Crippen LogP contribution in [0, 0.1) is 5.41 Å². The molecule has 0 bridgehead atoms. The fourth-order valence-electron chi connectivity index (χ4n) is 4.73. The van der Waals surface area contributed by atoms with Crippen LogP contribution < -0.4 is 15.8 Å². The summed E-state index contributed by atoms with van der Waals surface area (Å²) in [7, 11) is 0. The number of amides is 2. The van der Waals surface area contributed by atoms with Crippen molar-refractivity contribution in [2.75, 3.05) is 32.8 Å². The van der Waals surface area contributed by atoms with Crippen LogP contribution in [0.5, 0.6) is 5.75 Å². The van der Waals surface area contributed by atoms with Crippen LogP contribution in [-0.4, -0.2) is 77.4 Å². The topological polar surface area (TPSA) is 149 Å². The van der Waals surface area contributed by atoms with Gasteiger partial charge in [0, 0.05) is 25.2 Å². The maximum Gasteiger partial charge on any atom is 0.323 e. The van der Waals surface area contributed by atoms with Gasteiger partial charge in [0.2, 0.25) is 0 Å². The average Bonchev–Trinajstić information content (AvgIpc) is 3.50. The second kappa shape index (κ2) is 9.82. The van der Waals surface area contributed by atoms with Crippen molar-refractivity contribution < 1.29 is 24.2 Å². The molecule has 0 radical (unpaired) electrons. The number of piperazine rings is 1. The Morgan fingerprint density at radius 2 is 2.00 bits per heavy atom. The highest BCUT2D eigenvalue weighted by Gasteiger charge is 2.56. The van der Waals surface area contributed by atoms with Gasteiger partial charge in [0.15, 0.2) is 0 Å². The van der Waals surface area contributed by atoms with Gasteiger partial charge in [-0.3, -0.25) is 19.8 Å². The van der Waals surface area contributed by atoms with Crippen molar-refractivity contribution in [3.8, 4) is 5.75 Å². The van der Waals surface area contributed by atoms with Gasteiger partial charge in [0.1, 0.15) is 17.6 Å². The van der Waals surface area contributed by atoms with Crippen LogP contribution in [0.15, 0.2) is 41.1 Å². The van der Waals surface area contributed by atoms with E-state index < -0.39 is 29.4 Å². The first kappa shape index (κ1) is 23.7. The highest BCUT2D eigenvalue weighted by molar-refractivity contribution is 7.08. The largest absolute Gasteiger partial charge is 0.494 e. The van der Waals surface area contributed by atoms with Gasteiger partial charge < -0.3 is 30.7 Å². The molecule has 2 atom stereocenters. The minimum absolute atomic E-state index is 0.0160. The van der Waals surface area contributed by atoms with E-state index in [1.165, 1.54) is 21.1 Å². The van der Waals surface area contributed by atoms with E-state index in [1.54, 1.807) is 24.3 Å². The number of aliphatic carboxylic acids is 1. The molecule has 2 unspecified atom stereocenters. The summed E-state index contributed by atoms with van der Waals surface area (Å²) in [6.45, 7) is 1.75. The molecular formula is C23H27N5O5S. The Bertz CT molecular complexity index is 1070. The predicted octanol–water partition coefficient (Wildman–Crippen LogP) is 0.814. The van der Waals surface area contributed by atoms with E-state index in [0.29, 0.717) is 50.4 Å². The summed E-state index contributed by atoms with van der Waals surface area (Å²) in [6, 6.07) is 7.70. The molecule has 3 heterocycles. The Balaban J connectivity index is 1.38. The Kier molecular flexibility index (Phi) is 6.85. The minimum atomic E-state index is -1.08. The van der Waals surface area contributed by atoms with Gasteiger partial charge in [0.25, 0.3) is 0 Å². The fourth-order valence-corrected chi connectivity index (χ4v) is 5.46. The zero-order valence-corrected chi connectivity index (χ0v) is 19.3. The minimum Gasteiger partial charge on any atom is -0.494 e. The monoisotopic (exact) mass is 485 g/mol. The van der Waals surface area contributed by atoms with E-state index in [1.807, 2.05) is 16.8 Å². The van der Waals surface area contributed by atoms with Crippen LogP contribution >= 0.6 is 11.3 Å². The molecule has 4 rings (SSSR count). The van der Waals surface area contributed by atoms with Gasteiger partial charge in [-0.2, -0.15) is 11.3 Å². The quantitative estimate of drug-likeness (QED) is 0.178. The Morgan fingerprint density at radius 3 is 2.65 bits per heavy atom. The molecule has 2 aliphatic heterocycles. The van der Waals surface area contributed by atoms with Gasteiger partial charge in [-0.05, 0) is 66.0 Å². The molecule has 0 spiro atoms. The summed E-state index contributed by atoms with van der Waals surface area (Å²) in [5.41, 5.74) is 5.71. The van der Waals surface area contributed by atoms with E-state index in [4.69, 9.17) is 15.9 Å². The molecule has 10 nitrogen and oxygen atoms in total. The van der Waals surface area contributed by atoms with Crippen LogP contribution in [0.25, 0.3) is 0 Å². The molecule has 2 amide bonds. The molecule has 2 aliphatic rings. The number of carbonyl (C=O) groups excluding carboxylic acids is 2. The lowest BCUT2D eigenvalue weighted by Crippen LogP contribution is -2.65. The van der Waals surface area contributed by atoms with Crippen molar-refractivity contribution in [2.45, 2.75) is 24.4 Å². The number of carboxylic acids is 1. The highest BCUT2D eigenvalue weighted by atomic mass is 32.1. The molecule has 1 aromatic carbocycles. The highest BCUT2D eigenvalue weighted by Crippen LogP contribution is 2.41. The number of ether oxygens (including phenoxy) is 1. The first-order valence-corrected chi connectivity index (χ1v) is 12.0. The Labute approximate surface area is 200 Å². The average molecular weight is 486 g/mol. The third kappa shape index (κ3) is 4.36. The lowest BCUT2D eigenvalue weighted by Gasteiger charge is -2.46. The van der Waals surface area contributed by atoms with Crippen molar-refractivity contribution in [1.29, 1.82) is 5.41 Å². The molecule has 5 N–H and O–H groups in total. The smallest absolute Gasteiger partial charge is 0.323 e. The SMILES string of the molecule is N=C(N)c1ccc(OCCCN2CCN(C3(c4ccsc4)CCNC3C(=O)O)C(=O)C2=O)cc1. The first-order chi connectivity index (χ1) is 16.3. The van der Waals surface area contributed by atoms with Gasteiger partial charge >= 0.3 is 17.8 Å². The van der Waals surface area contributed by atoms with Crippen molar-refractivity contribution in [3.63, 3.8) is 0 Å². The fraction of sp³-hybridized carbons (Fsp3) is 0.391. The van der Waals surface area contributed by atoms with Crippen molar-refractivity contribution in [3.05, 3.63) is 52.2 Å². The Morgan fingerprint density at radius 1 is 1.24 bits per heavy atom. The number of benzene rings is 1. The number of rotatable bonds is 9. The van der Waals surface area contributed by atoms with Gasteiger partial charge in [-0.25, -0.2) is 0 Å². The summed E-state index contributed by atoms with van der Waals surface area (Å²) in [5.74, 6) is -1.73. The maximum atomic E-state index is 13.2. The van der Waals surface area contributed by atoms with Crippen molar-refractivity contribution in [1.82, 2.24) is 15.1 Å². The van der Waals surface area contributed by atoms with E-state index >= 15 is 0 Å². The summed E-state index contributed by atoms with van der Waals surface area (Å²) in [5, 5.41) is 24.0. The van der Waals surface area contributed by atoms with E-state index in [-0.39, 0.29) is 12.4 Å².